The standard InChI is InChI=1S/C23H34O6/c1-4-23(8-6-5-7-9-23)29-22(26)19-12-18(21(25)28-19)27-20(24)17-11-15-10-16(17)14(3)13(15)2/h13-19H,4-12H2,1-3H3. The third-order valence-electron chi connectivity index (χ3n) is 8.40. The number of rotatable bonds is 5. The van der Waals surface area contributed by atoms with E-state index in [1.807, 2.05) is 6.92 Å². The van der Waals surface area contributed by atoms with E-state index in [1.165, 1.54) is 0 Å². The van der Waals surface area contributed by atoms with Gasteiger partial charge in [0, 0.05) is 6.42 Å². The molecule has 4 aliphatic rings. The molecule has 29 heavy (non-hydrogen) atoms. The highest BCUT2D eigenvalue weighted by atomic mass is 16.6. The van der Waals surface area contributed by atoms with E-state index < -0.39 is 29.7 Å². The summed E-state index contributed by atoms with van der Waals surface area (Å²) >= 11 is 0. The monoisotopic (exact) mass is 406 g/mol. The lowest BCUT2D eigenvalue weighted by atomic mass is 9.76. The summed E-state index contributed by atoms with van der Waals surface area (Å²) in [6.07, 6.45) is 5.76. The Morgan fingerprint density at radius 1 is 1.03 bits per heavy atom. The van der Waals surface area contributed by atoms with Crippen molar-refractivity contribution in [3.63, 3.8) is 0 Å². The summed E-state index contributed by atoms with van der Waals surface area (Å²) in [5, 5.41) is 0. The van der Waals surface area contributed by atoms with Gasteiger partial charge in [-0.1, -0.05) is 27.2 Å². The van der Waals surface area contributed by atoms with Gasteiger partial charge in [-0.05, 0) is 68.6 Å². The van der Waals surface area contributed by atoms with Crippen LogP contribution in [0.5, 0.6) is 0 Å². The predicted molar refractivity (Wildman–Crippen MR) is 105 cm³/mol. The molecule has 0 spiro atoms. The van der Waals surface area contributed by atoms with Crippen LogP contribution >= 0.6 is 0 Å². The van der Waals surface area contributed by atoms with Crippen molar-refractivity contribution in [2.45, 2.75) is 96.4 Å². The first-order valence-electron chi connectivity index (χ1n) is 11.5. The van der Waals surface area contributed by atoms with E-state index in [0.29, 0.717) is 23.7 Å². The summed E-state index contributed by atoms with van der Waals surface area (Å²) in [6.45, 7) is 6.50. The van der Waals surface area contributed by atoms with Gasteiger partial charge in [-0.2, -0.15) is 0 Å². The van der Waals surface area contributed by atoms with Gasteiger partial charge in [0.05, 0.1) is 5.92 Å². The Balaban J connectivity index is 1.32. The van der Waals surface area contributed by atoms with E-state index in [0.717, 1.165) is 51.4 Å². The molecule has 3 saturated carbocycles. The SMILES string of the molecule is CCC1(OC(=O)C2CC(OC(=O)C3CC4CC3C(C)C4C)C(=O)O2)CCCCC1. The van der Waals surface area contributed by atoms with E-state index in [2.05, 4.69) is 13.8 Å². The Morgan fingerprint density at radius 2 is 1.76 bits per heavy atom. The number of carbonyl (C=O) groups is 3. The highest BCUT2D eigenvalue weighted by Gasteiger charge is 2.53. The molecule has 0 aromatic rings. The predicted octanol–water partition coefficient (Wildman–Crippen LogP) is 3.80. The highest BCUT2D eigenvalue weighted by Crippen LogP contribution is 2.55. The van der Waals surface area contributed by atoms with E-state index >= 15 is 0 Å². The molecule has 0 aromatic heterocycles. The fourth-order valence-electron chi connectivity index (χ4n) is 6.24. The largest absolute Gasteiger partial charge is 0.456 e. The summed E-state index contributed by atoms with van der Waals surface area (Å²) < 4.78 is 16.6. The molecule has 6 heteroatoms. The molecule has 162 valence electrons. The second kappa shape index (κ2) is 7.92. The van der Waals surface area contributed by atoms with Crippen molar-refractivity contribution in [1.29, 1.82) is 0 Å². The molecule has 4 fully saturated rings. The number of hydrogen-bond donors (Lipinski definition) is 0. The van der Waals surface area contributed by atoms with Crippen molar-refractivity contribution in [3.05, 3.63) is 0 Å². The average molecular weight is 407 g/mol. The van der Waals surface area contributed by atoms with Crippen molar-refractivity contribution in [2.75, 3.05) is 0 Å². The van der Waals surface area contributed by atoms with Crippen LogP contribution < -0.4 is 0 Å². The van der Waals surface area contributed by atoms with Crippen molar-refractivity contribution in [3.8, 4) is 0 Å². The molecule has 0 radical (unpaired) electrons. The fraction of sp³-hybridized carbons (Fsp3) is 0.870. The lowest BCUT2D eigenvalue weighted by molar-refractivity contribution is -0.178. The normalized spacial score (nSPS) is 40.5. The van der Waals surface area contributed by atoms with Crippen molar-refractivity contribution >= 4 is 17.9 Å². The van der Waals surface area contributed by atoms with E-state index in [9.17, 15) is 14.4 Å². The van der Waals surface area contributed by atoms with E-state index in [1.54, 1.807) is 0 Å². The lowest BCUT2D eigenvalue weighted by Crippen LogP contribution is -2.40. The second-order valence-corrected chi connectivity index (χ2v) is 9.83. The van der Waals surface area contributed by atoms with Gasteiger partial charge in [-0.3, -0.25) is 4.79 Å². The maximum Gasteiger partial charge on any atom is 0.348 e. The first-order chi connectivity index (χ1) is 13.8. The Kier molecular flexibility index (Phi) is 5.64. The molecule has 0 aromatic carbocycles. The molecule has 1 aliphatic heterocycles. The Morgan fingerprint density at radius 3 is 2.38 bits per heavy atom. The number of hydrogen-bond acceptors (Lipinski definition) is 6. The number of cyclic esters (lactones) is 1. The van der Waals surface area contributed by atoms with Crippen LogP contribution in [0.25, 0.3) is 0 Å². The van der Waals surface area contributed by atoms with Gasteiger partial charge in [0.2, 0.25) is 12.2 Å². The zero-order valence-electron chi connectivity index (χ0n) is 17.9. The molecular formula is C23H34O6. The number of carbonyl (C=O) groups excluding carboxylic acids is 3. The van der Waals surface area contributed by atoms with Crippen LogP contribution in [0.2, 0.25) is 0 Å². The average Bonchev–Trinajstić information content (AvgIpc) is 3.38. The quantitative estimate of drug-likeness (QED) is 0.510. The lowest BCUT2D eigenvalue weighted by Gasteiger charge is -2.36. The molecule has 0 N–H and O–H groups in total. The summed E-state index contributed by atoms with van der Waals surface area (Å²) in [6, 6.07) is 0. The summed E-state index contributed by atoms with van der Waals surface area (Å²) in [7, 11) is 0. The van der Waals surface area contributed by atoms with Crippen molar-refractivity contribution in [1.82, 2.24) is 0 Å². The third-order valence-corrected chi connectivity index (χ3v) is 8.40. The van der Waals surface area contributed by atoms with Crippen molar-refractivity contribution < 1.29 is 28.6 Å². The number of fused-ring (bicyclic) bond motifs is 2. The summed E-state index contributed by atoms with van der Waals surface area (Å²) in [5.74, 6) is 0.515. The molecule has 1 heterocycles. The first kappa shape index (κ1) is 20.7. The van der Waals surface area contributed by atoms with Crippen LogP contribution in [0.15, 0.2) is 0 Å². The minimum atomic E-state index is -0.990. The minimum Gasteiger partial charge on any atom is -0.456 e. The van der Waals surface area contributed by atoms with Gasteiger partial charge >= 0.3 is 17.9 Å². The van der Waals surface area contributed by atoms with Crippen LogP contribution in [0, 0.1) is 29.6 Å². The molecule has 6 nitrogen and oxygen atoms in total. The minimum absolute atomic E-state index is 0.0654. The van der Waals surface area contributed by atoms with E-state index in [4.69, 9.17) is 14.2 Å². The maximum absolute atomic E-state index is 12.7. The first-order valence-corrected chi connectivity index (χ1v) is 11.5. The molecule has 4 rings (SSSR count). The van der Waals surface area contributed by atoms with Gasteiger partial charge in [-0.25, -0.2) is 9.59 Å². The summed E-state index contributed by atoms with van der Waals surface area (Å²) in [4.78, 5) is 37.6. The van der Waals surface area contributed by atoms with Crippen LogP contribution in [0.3, 0.4) is 0 Å². The van der Waals surface area contributed by atoms with Gasteiger partial charge in [0.25, 0.3) is 0 Å². The second-order valence-electron chi connectivity index (χ2n) is 9.83. The Hall–Kier alpha value is -1.59. The zero-order chi connectivity index (χ0) is 20.8. The topological polar surface area (TPSA) is 78.9 Å². The number of esters is 3. The van der Waals surface area contributed by atoms with Crippen LogP contribution in [0.1, 0.15) is 78.6 Å². The zero-order valence-corrected chi connectivity index (χ0v) is 17.9. The summed E-state index contributed by atoms with van der Waals surface area (Å²) in [5.41, 5.74) is -0.438. The maximum atomic E-state index is 12.7. The molecule has 0 amide bonds. The molecule has 7 atom stereocenters. The smallest absolute Gasteiger partial charge is 0.348 e. The van der Waals surface area contributed by atoms with Crippen LogP contribution in [-0.4, -0.2) is 35.7 Å². The van der Waals surface area contributed by atoms with Gasteiger partial charge < -0.3 is 14.2 Å². The van der Waals surface area contributed by atoms with Gasteiger partial charge in [-0.15, -0.1) is 0 Å². The molecule has 7 unspecified atom stereocenters. The van der Waals surface area contributed by atoms with E-state index in [-0.39, 0.29) is 18.3 Å². The fourth-order valence-corrected chi connectivity index (χ4v) is 6.24. The molecular weight excluding hydrogens is 372 g/mol. The number of ether oxygens (including phenoxy) is 3. The molecule has 2 bridgehead atoms. The Labute approximate surface area is 173 Å². The van der Waals surface area contributed by atoms with Gasteiger partial charge in [0.15, 0.2) is 0 Å². The Bertz CT molecular complexity index is 664. The van der Waals surface area contributed by atoms with Crippen molar-refractivity contribution in [2.24, 2.45) is 29.6 Å². The third kappa shape index (κ3) is 3.79. The van der Waals surface area contributed by atoms with Gasteiger partial charge in [0.1, 0.15) is 5.60 Å². The van der Waals surface area contributed by atoms with Crippen LogP contribution in [-0.2, 0) is 28.6 Å². The molecule has 1 saturated heterocycles. The molecule has 3 aliphatic carbocycles. The highest BCUT2D eigenvalue weighted by molar-refractivity contribution is 5.87. The van der Waals surface area contributed by atoms with Crippen LogP contribution in [0.4, 0.5) is 0 Å².